The fourth-order valence-electron chi connectivity index (χ4n) is 2.55. The van der Waals surface area contributed by atoms with Crippen LogP contribution in [0.2, 0.25) is 0 Å². The van der Waals surface area contributed by atoms with E-state index in [1.165, 1.54) is 11.3 Å². The maximum Gasteiger partial charge on any atom is 0.0905 e. The lowest BCUT2D eigenvalue weighted by Gasteiger charge is -2.36. The van der Waals surface area contributed by atoms with Gasteiger partial charge in [0.1, 0.15) is 0 Å². The van der Waals surface area contributed by atoms with Crippen LogP contribution in [0.1, 0.15) is 18.4 Å². The number of aryl methyl sites for hydroxylation is 1. The van der Waals surface area contributed by atoms with Crippen molar-refractivity contribution in [1.82, 2.24) is 4.90 Å². The minimum absolute atomic E-state index is 0.304. The summed E-state index contributed by atoms with van der Waals surface area (Å²) in [7, 11) is 0. The zero-order valence-electron chi connectivity index (χ0n) is 11.7. The third-order valence-corrected chi connectivity index (χ3v) is 3.66. The summed E-state index contributed by atoms with van der Waals surface area (Å²) in [5.41, 5.74) is 8.03. The number of anilines is 1. The Labute approximate surface area is 115 Å². The molecular weight excluding hydrogens is 236 g/mol. The van der Waals surface area contributed by atoms with E-state index < -0.39 is 0 Å². The Morgan fingerprint density at radius 3 is 2.63 bits per heavy atom. The van der Waals surface area contributed by atoms with Gasteiger partial charge in [0.15, 0.2) is 0 Å². The monoisotopic (exact) mass is 260 g/mol. The van der Waals surface area contributed by atoms with Crippen molar-refractivity contribution in [1.29, 1.82) is 5.41 Å². The van der Waals surface area contributed by atoms with Crippen LogP contribution in [0.5, 0.6) is 0 Å². The van der Waals surface area contributed by atoms with Crippen molar-refractivity contribution in [2.24, 2.45) is 5.73 Å². The van der Waals surface area contributed by atoms with E-state index in [0.29, 0.717) is 5.84 Å². The molecule has 1 aromatic carbocycles. The normalized spacial score (nSPS) is 16.6. The molecule has 1 heterocycles. The summed E-state index contributed by atoms with van der Waals surface area (Å²) in [4.78, 5) is 4.92. The van der Waals surface area contributed by atoms with Gasteiger partial charge < -0.3 is 10.6 Å². The molecule has 0 bridgehead atoms. The van der Waals surface area contributed by atoms with Gasteiger partial charge in [-0.1, -0.05) is 12.1 Å². The summed E-state index contributed by atoms with van der Waals surface area (Å²) >= 11 is 0. The van der Waals surface area contributed by atoms with Crippen LogP contribution in [0, 0.1) is 12.3 Å². The zero-order valence-corrected chi connectivity index (χ0v) is 11.7. The largest absolute Gasteiger partial charge is 0.388 e. The third kappa shape index (κ3) is 4.24. The van der Waals surface area contributed by atoms with E-state index in [2.05, 4.69) is 41.0 Å². The summed E-state index contributed by atoms with van der Waals surface area (Å²) in [6.07, 6.45) is 1.72. The van der Waals surface area contributed by atoms with E-state index in [0.717, 1.165) is 45.6 Å². The SMILES string of the molecule is Cc1cccc(N2CCN(CCCC(=N)N)CC2)c1. The van der Waals surface area contributed by atoms with Gasteiger partial charge in [-0.25, -0.2) is 0 Å². The molecule has 2 rings (SSSR count). The Balaban J connectivity index is 1.77. The number of nitrogens with zero attached hydrogens (tertiary/aromatic N) is 2. The van der Waals surface area contributed by atoms with Gasteiger partial charge in [-0.15, -0.1) is 0 Å². The molecule has 0 unspecified atom stereocenters. The number of hydrogen-bond donors (Lipinski definition) is 2. The maximum atomic E-state index is 7.23. The molecule has 3 N–H and O–H groups in total. The second kappa shape index (κ2) is 6.57. The van der Waals surface area contributed by atoms with Gasteiger partial charge in [0.05, 0.1) is 5.84 Å². The molecule has 0 aromatic heterocycles. The fourth-order valence-corrected chi connectivity index (χ4v) is 2.55. The van der Waals surface area contributed by atoms with E-state index >= 15 is 0 Å². The predicted molar refractivity (Wildman–Crippen MR) is 81.0 cm³/mol. The highest BCUT2D eigenvalue weighted by Crippen LogP contribution is 2.17. The molecule has 0 atom stereocenters. The molecule has 1 saturated heterocycles. The molecule has 1 fully saturated rings. The van der Waals surface area contributed by atoms with Crippen molar-refractivity contribution in [3.05, 3.63) is 29.8 Å². The molecule has 1 aliphatic heterocycles. The number of nitrogens with two attached hydrogens (primary N) is 1. The molecule has 4 heteroatoms. The smallest absolute Gasteiger partial charge is 0.0905 e. The average molecular weight is 260 g/mol. The topological polar surface area (TPSA) is 56.4 Å². The highest BCUT2D eigenvalue weighted by atomic mass is 15.3. The maximum absolute atomic E-state index is 7.23. The summed E-state index contributed by atoms with van der Waals surface area (Å²) in [6.45, 7) is 7.58. The number of nitrogens with one attached hydrogen (secondary N) is 1. The van der Waals surface area contributed by atoms with Gasteiger partial charge in [-0.3, -0.25) is 10.3 Å². The quantitative estimate of drug-likeness (QED) is 0.627. The van der Waals surface area contributed by atoms with Crippen LogP contribution < -0.4 is 10.6 Å². The molecule has 1 aromatic rings. The number of amidine groups is 1. The molecule has 0 radical (unpaired) electrons. The minimum atomic E-state index is 0.304. The average Bonchev–Trinajstić information content (AvgIpc) is 2.39. The van der Waals surface area contributed by atoms with Crippen LogP contribution >= 0.6 is 0 Å². The van der Waals surface area contributed by atoms with Crippen LogP contribution in [0.4, 0.5) is 5.69 Å². The van der Waals surface area contributed by atoms with E-state index in [1.807, 2.05) is 0 Å². The number of hydrogen-bond acceptors (Lipinski definition) is 3. The van der Waals surface area contributed by atoms with Crippen LogP contribution in [-0.2, 0) is 0 Å². The van der Waals surface area contributed by atoms with Crippen molar-refractivity contribution >= 4 is 11.5 Å². The van der Waals surface area contributed by atoms with Gasteiger partial charge in [0.25, 0.3) is 0 Å². The molecule has 0 spiro atoms. The number of benzene rings is 1. The minimum Gasteiger partial charge on any atom is -0.388 e. The first-order valence-electron chi connectivity index (χ1n) is 7.02. The lowest BCUT2D eigenvalue weighted by Crippen LogP contribution is -2.46. The van der Waals surface area contributed by atoms with Gasteiger partial charge in [0, 0.05) is 38.3 Å². The summed E-state index contributed by atoms with van der Waals surface area (Å²) in [5, 5.41) is 7.23. The standard InChI is InChI=1S/C15H24N4/c1-13-4-2-5-14(12-13)19-10-8-18(9-11-19)7-3-6-15(16)17/h2,4-5,12H,3,6-11H2,1H3,(H3,16,17). The number of piperazine rings is 1. The number of rotatable bonds is 5. The first-order valence-corrected chi connectivity index (χ1v) is 7.02. The Hall–Kier alpha value is -1.55. The Morgan fingerprint density at radius 2 is 2.00 bits per heavy atom. The first-order chi connectivity index (χ1) is 9.15. The molecule has 0 saturated carbocycles. The lowest BCUT2D eigenvalue weighted by atomic mass is 10.2. The van der Waals surface area contributed by atoms with Gasteiger partial charge in [-0.05, 0) is 37.6 Å². The van der Waals surface area contributed by atoms with E-state index in [1.54, 1.807) is 0 Å². The van der Waals surface area contributed by atoms with Crippen molar-refractivity contribution < 1.29 is 0 Å². The molecule has 0 aliphatic carbocycles. The van der Waals surface area contributed by atoms with Crippen LogP contribution in [0.15, 0.2) is 24.3 Å². The van der Waals surface area contributed by atoms with Crippen molar-refractivity contribution in [2.75, 3.05) is 37.6 Å². The second-order valence-electron chi connectivity index (χ2n) is 5.30. The van der Waals surface area contributed by atoms with Crippen molar-refractivity contribution in [3.8, 4) is 0 Å². The zero-order chi connectivity index (χ0) is 13.7. The Morgan fingerprint density at radius 1 is 1.26 bits per heavy atom. The molecule has 0 amide bonds. The second-order valence-corrected chi connectivity index (χ2v) is 5.30. The highest BCUT2D eigenvalue weighted by molar-refractivity contribution is 5.76. The van der Waals surface area contributed by atoms with Crippen LogP contribution in [0.3, 0.4) is 0 Å². The summed E-state index contributed by atoms with van der Waals surface area (Å²) in [6, 6.07) is 8.72. The van der Waals surface area contributed by atoms with Gasteiger partial charge in [-0.2, -0.15) is 0 Å². The molecule has 4 nitrogen and oxygen atoms in total. The van der Waals surface area contributed by atoms with Crippen molar-refractivity contribution in [2.45, 2.75) is 19.8 Å². The van der Waals surface area contributed by atoms with E-state index in [4.69, 9.17) is 11.1 Å². The molecular formula is C15H24N4. The highest BCUT2D eigenvalue weighted by Gasteiger charge is 2.16. The van der Waals surface area contributed by atoms with E-state index in [9.17, 15) is 0 Å². The fraction of sp³-hybridized carbons (Fsp3) is 0.533. The van der Waals surface area contributed by atoms with E-state index in [-0.39, 0.29) is 0 Å². The van der Waals surface area contributed by atoms with Gasteiger partial charge in [0.2, 0.25) is 0 Å². The predicted octanol–water partition coefficient (Wildman–Crippen LogP) is 1.83. The van der Waals surface area contributed by atoms with Crippen LogP contribution in [0.25, 0.3) is 0 Å². The summed E-state index contributed by atoms with van der Waals surface area (Å²) < 4.78 is 0. The van der Waals surface area contributed by atoms with Crippen molar-refractivity contribution in [3.63, 3.8) is 0 Å². The lowest BCUT2D eigenvalue weighted by molar-refractivity contribution is 0.256. The first kappa shape index (κ1) is 13.9. The van der Waals surface area contributed by atoms with Crippen LogP contribution in [-0.4, -0.2) is 43.5 Å². The summed E-state index contributed by atoms with van der Waals surface area (Å²) in [5.74, 6) is 0.304. The Kier molecular flexibility index (Phi) is 4.80. The molecule has 1 aliphatic rings. The third-order valence-electron chi connectivity index (χ3n) is 3.66. The molecule has 104 valence electrons. The Bertz CT molecular complexity index is 422. The van der Waals surface area contributed by atoms with Gasteiger partial charge >= 0.3 is 0 Å². The molecule has 19 heavy (non-hydrogen) atoms.